The smallest absolute Gasteiger partial charge is 0.238 e. The first-order valence-corrected chi connectivity index (χ1v) is 8.04. The summed E-state index contributed by atoms with van der Waals surface area (Å²) < 4.78 is 22.4. The second kappa shape index (κ2) is 5.38. The van der Waals surface area contributed by atoms with Crippen LogP contribution in [-0.2, 0) is 10.0 Å². The van der Waals surface area contributed by atoms with E-state index in [2.05, 4.69) is 15.2 Å². The highest BCUT2D eigenvalue weighted by molar-refractivity contribution is 7.89. The average Bonchev–Trinajstić information content (AvgIpc) is 2.79. The maximum atomic E-state index is 11.2. The summed E-state index contributed by atoms with van der Waals surface area (Å²) in [6.45, 7) is 0. The zero-order valence-electron chi connectivity index (χ0n) is 11.8. The summed E-state index contributed by atoms with van der Waals surface area (Å²) in [4.78, 5) is 2.76. The number of nitrogens with two attached hydrogens (primary N) is 2. The summed E-state index contributed by atoms with van der Waals surface area (Å²) in [5.74, 6) is -0.129. The van der Waals surface area contributed by atoms with Crippen LogP contribution >= 0.6 is 0 Å². The van der Waals surface area contributed by atoms with E-state index in [1.807, 2.05) is 0 Å². The lowest BCUT2D eigenvalue weighted by Crippen LogP contribution is -2.11. The first-order chi connectivity index (χ1) is 10.8. The molecule has 0 fully saturated rings. The Kier molecular flexibility index (Phi) is 3.51. The van der Waals surface area contributed by atoms with Crippen LogP contribution < -0.4 is 10.9 Å². The van der Waals surface area contributed by atoms with Gasteiger partial charge in [0.15, 0.2) is 5.69 Å². The van der Waals surface area contributed by atoms with Crippen LogP contribution in [0, 0.1) is 0 Å². The van der Waals surface area contributed by atoms with E-state index < -0.39 is 10.0 Å². The molecule has 6 N–H and O–H groups in total. The van der Waals surface area contributed by atoms with Gasteiger partial charge in [0.05, 0.1) is 16.1 Å². The molecule has 3 rings (SSSR count). The van der Waals surface area contributed by atoms with Crippen LogP contribution in [0.3, 0.4) is 0 Å². The molecule has 0 saturated heterocycles. The van der Waals surface area contributed by atoms with E-state index in [1.54, 1.807) is 18.2 Å². The van der Waals surface area contributed by atoms with E-state index in [0.717, 1.165) is 0 Å². The van der Waals surface area contributed by atoms with Crippen molar-refractivity contribution in [1.82, 2.24) is 4.98 Å². The van der Waals surface area contributed by atoms with Gasteiger partial charge in [-0.2, -0.15) is 5.11 Å². The molecule has 0 spiro atoms. The van der Waals surface area contributed by atoms with Crippen molar-refractivity contribution in [2.75, 3.05) is 5.73 Å². The van der Waals surface area contributed by atoms with Gasteiger partial charge in [0.2, 0.25) is 15.9 Å². The molecule has 0 aliphatic carbocycles. The highest BCUT2D eigenvalue weighted by Crippen LogP contribution is 2.37. The fourth-order valence-electron chi connectivity index (χ4n) is 2.09. The summed E-state index contributed by atoms with van der Waals surface area (Å²) in [6, 6.07) is 10.7. The molecule has 3 aromatic rings. The standard InChI is InChI=1S/C14H13N5O3S.H2/c15-8-1-6-12-11(7-8)13(14(20)17-12)19-18-9-2-4-10(5-3-9)23(16,21)22;/h1-7,17,20H,15H2,(H2,16,21,22);1H. The molecule has 0 radical (unpaired) electrons. The first kappa shape index (κ1) is 15.0. The number of nitrogen functional groups attached to an aromatic ring is 1. The van der Waals surface area contributed by atoms with Crippen LogP contribution in [-0.4, -0.2) is 18.5 Å². The van der Waals surface area contributed by atoms with Gasteiger partial charge in [-0.3, -0.25) is 0 Å². The summed E-state index contributed by atoms with van der Waals surface area (Å²) in [5, 5.41) is 23.5. The minimum atomic E-state index is -3.75. The Hall–Kier alpha value is -2.91. The van der Waals surface area contributed by atoms with E-state index in [4.69, 9.17) is 10.9 Å². The summed E-state index contributed by atoms with van der Waals surface area (Å²) in [5.41, 5.74) is 7.60. The number of primary sulfonamides is 1. The van der Waals surface area contributed by atoms with Crippen LogP contribution in [0.5, 0.6) is 5.88 Å². The minimum Gasteiger partial charge on any atom is -0.493 e. The van der Waals surface area contributed by atoms with Crippen molar-refractivity contribution in [3.05, 3.63) is 42.5 Å². The SMILES string of the molecule is Nc1ccc2[nH]c(O)c(N=Nc3ccc(S(N)(=O)=O)cc3)c2c1.[HH]. The van der Waals surface area contributed by atoms with Crippen LogP contribution in [0.25, 0.3) is 10.9 Å². The maximum absolute atomic E-state index is 11.2. The van der Waals surface area contributed by atoms with Crippen molar-refractivity contribution in [2.45, 2.75) is 4.90 Å². The third-order valence-corrected chi connectivity index (χ3v) is 4.14. The molecule has 0 unspecified atom stereocenters. The number of hydrogen-bond donors (Lipinski definition) is 4. The number of rotatable bonds is 3. The Bertz CT molecular complexity index is 1010. The number of H-pyrrole nitrogens is 1. The number of nitrogens with zero attached hydrogens (tertiary/aromatic N) is 2. The number of fused-ring (bicyclic) bond motifs is 1. The number of azo groups is 1. The second-order valence-electron chi connectivity index (χ2n) is 4.87. The summed E-state index contributed by atoms with van der Waals surface area (Å²) in [7, 11) is -3.75. The van der Waals surface area contributed by atoms with Crippen LogP contribution in [0.15, 0.2) is 57.6 Å². The Morgan fingerprint density at radius 2 is 1.78 bits per heavy atom. The molecule has 2 aromatic carbocycles. The van der Waals surface area contributed by atoms with Gasteiger partial charge in [-0.25, -0.2) is 13.6 Å². The molecule has 0 atom stereocenters. The molecule has 9 heteroatoms. The Morgan fingerprint density at radius 1 is 1.09 bits per heavy atom. The van der Waals surface area contributed by atoms with Gasteiger partial charge >= 0.3 is 0 Å². The van der Waals surface area contributed by atoms with Gasteiger partial charge in [-0.05, 0) is 42.5 Å². The molecule has 1 aromatic heterocycles. The number of aromatic hydroxyl groups is 1. The molecule has 0 saturated carbocycles. The lowest BCUT2D eigenvalue weighted by molar-refractivity contribution is 0.459. The summed E-state index contributed by atoms with van der Waals surface area (Å²) >= 11 is 0. The van der Waals surface area contributed by atoms with Crippen molar-refractivity contribution in [3.63, 3.8) is 0 Å². The van der Waals surface area contributed by atoms with E-state index in [-0.39, 0.29) is 17.9 Å². The van der Waals surface area contributed by atoms with Gasteiger partial charge < -0.3 is 15.8 Å². The van der Waals surface area contributed by atoms with Gasteiger partial charge in [0.25, 0.3) is 0 Å². The molecule has 1 heterocycles. The normalized spacial score (nSPS) is 12.2. The monoisotopic (exact) mass is 333 g/mol. The van der Waals surface area contributed by atoms with Crippen LogP contribution in [0.4, 0.5) is 17.1 Å². The Balaban J connectivity index is 0.00000208. The van der Waals surface area contributed by atoms with Crippen LogP contribution in [0.2, 0.25) is 0 Å². The fourth-order valence-corrected chi connectivity index (χ4v) is 2.61. The number of hydrogen-bond acceptors (Lipinski definition) is 6. The predicted molar refractivity (Wildman–Crippen MR) is 88.5 cm³/mol. The van der Waals surface area contributed by atoms with Gasteiger partial charge in [-0.1, -0.05) is 0 Å². The average molecular weight is 333 g/mol. The van der Waals surface area contributed by atoms with Crippen molar-refractivity contribution >= 4 is 38.0 Å². The number of nitrogens with one attached hydrogen (secondary N) is 1. The van der Waals surface area contributed by atoms with E-state index in [9.17, 15) is 13.5 Å². The topological polar surface area (TPSA) is 147 Å². The van der Waals surface area contributed by atoms with Crippen molar-refractivity contribution < 1.29 is 15.0 Å². The number of benzene rings is 2. The van der Waals surface area contributed by atoms with Crippen LogP contribution in [0.1, 0.15) is 1.43 Å². The minimum absolute atomic E-state index is 0. The van der Waals surface area contributed by atoms with E-state index >= 15 is 0 Å². The molecular formula is C14H15N5O3S. The fraction of sp³-hybridized carbons (Fsp3) is 0. The van der Waals surface area contributed by atoms with E-state index in [1.165, 1.54) is 24.3 Å². The zero-order valence-corrected chi connectivity index (χ0v) is 12.6. The first-order valence-electron chi connectivity index (χ1n) is 6.49. The summed E-state index contributed by atoms with van der Waals surface area (Å²) in [6.07, 6.45) is 0. The Morgan fingerprint density at radius 3 is 2.43 bits per heavy atom. The molecular weight excluding hydrogens is 318 g/mol. The predicted octanol–water partition coefficient (Wildman–Crippen LogP) is 2.76. The lowest BCUT2D eigenvalue weighted by Gasteiger charge is -1.98. The van der Waals surface area contributed by atoms with E-state index in [0.29, 0.717) is 22.3 Å². The third-order valence-electron chi connectivity index (χ3n) is 3.21. The van der Waals surface area contributed by atoms with Gasteiger partial charge in [-0.15, -0.1) is 5.11 Å². The molecule has 0 aliphatic heterocycles. The second-order valence-corrected chi connectivity index (χ2v) is 6.43. The molecule has 8 nitrogen and oxygen atoms in total. The highest BCUT2D eigenvalue weighted by Gasteiger charge is 2.11. The van der Waals surface area contributed by atoms with Crippen molar-refractivity contribution in [1.29, 1.82) is 0 Å². The quantitative estimate of drug-likeness (QED) is 0.431. The largest absolute Gasteiger partial charge is 0.493 e. The molecule has 120 valence electrons. The highest BCUT2D eigenvalue weighted by atomic mass is 32.2. The van der Waals surface area contributed by atoms with Crippen molar-refractivity contribution in [2.24, 2.45) is 15.4 Å². The number of aromatic amines is 1. The molecule has 0 aliphatic rings. The number of aromatic nitrogens is 1. The van der Waals surface area contributed by atoms with Crippen molar-refractivity contribution in [3.8, 4) is 5.88 Å². The molecule has 0 amide bonds. The zero-order chi connectivity index (χ0) is 16.6. The third kappa shape index (κ3) is 3.00. The molecule has 0 bridgehead atoms. The number of sulfonamides is 1. The van der Waals surface area contributed by atoms with Gasteiger partial charge in [0, 0.05) is 12.5 Å². The van der Waals surface area contributed by atoms with Gasteiger partial charge in [0.1, 0.15) is 0 Å². The maximum Gasteiger partial charge on any atom is 0.238 e. The lowest BCUT2D eigenvalue weighted by atomic mass is 10.2. The number of anilines is 1. The Labute approximate surface area is 133 Å². The molecule has 23 heavy (non-hydrogen) atoms.